The van der Waals surface area contributed by atoms with Gasteiger partial charge in [0.15, 0.2) is 0 Å². The molecule has 6 heteroatoms. The quantitative estimate of drug-likeness (QED) is 0.553. The molecule has 24 heavy (non-hydrogen) atoms. The Morgan fingerprint density at radius 1 is 1.33 bits per heavy atom. The SMILES string of the molecule is C=C(O)C1CN(Cc2ccc(OCCCCC(F)(F)F)c(C)c2)C1. The lowest BCUT2D eigenvalue weighted by atomic mass is 9.97. The molecule has 0 aromatic heterocycles. The minimum absolute atomic E-state index is 0.0902. The highest BCUT2D eigenvalue weighted by Gasteiger charge is 2.28. The van der Waals surface area contributed by atoms with Crippen LogP contribution < -0.4 is 4.74 Å². The number of unbranched alkanes of at least 4 members (excludes halogenated alkanes) is 1. The second-order valence-electron chi connectivity index (χ2n) is 6.40. The molecule has 0 aliphatic carbocycles. The molecule has 0 amide bonds. The zero-order valence-electron chi connectivity index (χ0n) is 13.9. The maximum atomic E-state index is 12.1. The lowest BCUT2D eigenvalue weighted by molar-refractivity contribution is -0.135. The second kappa shape index (κ2) is 7.92. The molecule has 0 bridgehead atoms. The van der Waals surface area contributed by atoms with E-state index in [1.165, 1.54) is 0 Å². The molecule has 134 valence electrons. The Balaban J connectivity index is 1.73. The molecule has 0 saturated carbocycles. The highest BCUT2D eigenvalue weighted by molar-refractivity contribution is 5.36. The predicted molar refractivity (Wildman–Crippen MR) is 87.1 cm³/mol. The van der Waals surface area contributed by atoms with Gasteiger partial charge >= 0.3 is 6.18 Å². The number of ether oxygens (including phenoxy) is 1. The van der Waals surface area contributed by atoms with E-state index in [0.29, 0.717) is 13.0 Å². The molecule has 0 radical (unpaired) electrons. The standard InChI is InChI=1S/C18H24F3NO2/c1-13-9-15(10-22-11-16(12-22)14(2)23)5-6-17(13)24-8-4-3-7-18(19,20)21/h5-6,9,16,23H,2-4,7-8,10-12H2,1H3. The number of nitrogens with zero attached hydrogens (tertiary/aromatic N) is 1. The predicted octanol–water partition coefficient (Wildman–Crippen LogP) is 4.61. The van der Waals surface area contributed by atoms with E-state index in [1.54, 1.807) is 0 Å². The van der Waals surface area contributed by atoms with Crippen molar-refractivity contribution in [1.29, 1.82) is 0 Å². The molecular formula is C18H24F3NO2. The minimum Gasteiger partial charge on any atom is -0.513 e. The largest absolute Gasteiger partial charge is 0.513 e. The molecule has 0 atom stereocenters. The van der Waals surface area contributed by atoms with Crippen LogP contribution in [0.1, 0.15) is 30.4 Å². The van der Waals surface area contributed by atoms with Crippen molar-refractivity contribution in [3.8, 4) is 5.75 Å². The number of rotatable bonds is 8. The van der Waals surface area contributed by atoms with Gasteiger partial charge in [-0.2, -0.15) is 13.2 Å². The maximum absolute atomic E-state index is 12.1. The number of halogens is 3. The fraction of sp³-hybridized carbons (Fsp3) is 0.556. The maximum Gasteiger partial charge on any atom is 0.389 e. The van der Waals surface area contributed by atoms with Gasteiger partial charge in [-0.1, -0.05) is 18.7 Å². The number of alkyl halides is 3. The van der Waals surface area contributed by atoms with Gasteiger partial charge in [-0.05, 0) is 37.0 Å². The Hall–Kier alpha value is -1.69. The van der Waals surface area contributed by atoms with E-state index in [9.17, 15) is 18.3 Å². The average Bonchev–Trinajstić information content (AvgIpc) is 2.42. The molecule has 1 saturated heterocycles. The monoisotopic (exact) mass is 343 g/mol. The molecule has 1 aliphatic heterocycles. The van der Waals surface area contributed by atoms with E-state index in [2.05, 4.69) is 11.5 Å². The summed E-state index contributed by atoms with van der Waals surface area (Å²) in [5.74, 6) is 1.14. The van der Waals surface area contributed by atoms with Crippen LogP contribution in [0.5, 0.6) is 5.75 Å². The van der Waals surface area contributed by atoms with E-state index in [4.69, 9.17) is 4.74 Å². The fourth-order valence-electron chi connectivity index (χ4n) is 2.75. The molecule has 1 aromatic carbocycles. The Bertz CT molecular complexity index is 566. The van der Waals surface area contributed by atoms with Crippen LogP contribution in [-0.4, -0.2) is 35.9 Å². The number of hydrogen-bond donors (Lipinski definition) is 1. The zero-order valence-corrected chi connectivity index (χ0v) is 13.9. The van der Waals surface area contributed by atoms with Crippen LogP contribution in [0.25, 0.3) is 0 Å². The molecule has 0 unspecified atom stereocenters. The first-order valence-corrected chi connectivity index (χ1v) is 8.14. The number of aliphatic hydroxyl groups is 1. The van der Waals surface area contributed by atoms with Crippen LogP contribution in [0.3, 0.4) is 0 Å². The van der Waals surface area contributed by atoms with E-state index >= 15 is 0 Å². The summed E-state index contributed by atoms with van der Waals surface area (Å²) in [6.07, 6.45) is -4.37. The third-order valence-electron chi connectivity index (χ3n) is 4.19. The van der Waals surface area contributed by atoms with Gasteiger partial charge in [-0.15, -0.1) is 0 Å². The summed E-state index contributed by atoms with van der Waals surface area (Å²) in [5.41, 5.74) is 2.13. The van der Waals surface area contributed by atoms with Gasteiger partial charge in [0.05, 0.1) is 12.4 Å². The Morgan fingerprint density at radius 3 is 2.62 bits per heavy atom. The van der Waals surface area contributed by atoms with Gasteiger partial charge in [-0.3, -0.25) is 4.90 Å². The number of hydrogen-bond acceptors (Lipinski definition) is 3. The van der Waals surface area contributed by atoms with Crippen LogP contribution in [0.4, 0.5) is 13.2 Å². The summed E-state index contributed by atoms with van der Waals surface area (Å²) >= 11 is 0. The van der Waals surface area contributed by atoms with Gasteiger partial charge in [0.2, 0.25) is 0 Å². The van der Waals surface area contributed by atoms with E-state index < -0.39 is 12.6 Å². The minimum atomic E-state index is -4.09. The zero-order chi connectivity index (χ0) is 17.7. The van der Waals surface area contributed by atoms with Crippen LogP contribution in [0.2, 0.25) is 0 Å². The highest BCUT2D eigenvalue weighted by atomic mass is 19.4. The highest BCUT2D eigenvalue weighted by Crippen LogP contribution is 2.26. The molecule has 1 N–H and O–H groups in total. The smallest absolute Gasteiger partial charge is 0.389 e. The lowest BCUT2D eigenvalue weighted by Gasteiger charge is -2.38. The van der Waals surface area contributed by atoms with E-state index in [1.807, 2.05) is 25.1 Å². The average molecular weight is 343 g/mol. The van der Waals surface area contributed by atoms with Crippen molar-refractivity contribution in [2.45, 2.75) is 38.9 Å². The molecule has 1 heterocycles. The van der Waals surface area contributed by atoms with Crippen LogP contribution in [-0.2, 0) is 6.54 Å². The molecule has 1 aliphatic rings. The Kier molecular flexibility index (Phi) is 6.15. The Morgan fingerprint density at radius 2 is 2.04 bits per heavy atom. The second-order valence-corrected chi connectivity index (χ2v) is 6.40. The summed E-state index contributed by atoms with van der Waals surface area (Å²) in [6.45, 7) is 8.20. The third-order valence-corrected chi connectivity index (χ3v) is 4.19. The van der Waals surface area contributed by atoms with Gasteiger partial charge in [0, 0.05) is 32.0 Å². The first-order chi connectivity index (χ1) is 11.2. The van der Waals surface area contributed by atoms with Crippen molar-refractivity contribution >= 4 is 0 Å². The molecule has 1 aromatic rings. The van der Waals surface area contributed by atoms with Crippen LogP contribution >= 0.6 is 0 Å². The van der Waals surface area contributed by atoms with Crippen LogP contribution in [0, 0.1) is 12.8 Å². The van der Waals surface area contributed by atoms with Gasteiger partial charge in [-0.25, -0.2) is 0 Å². The molecule has 0 spiro atoms. The van der Waals surface area contributed by atoms with Crippen molar-refractivity contribution in [1.82, 2.24) is 4.90 Å². The van der Waals surface area contributed by atoms with E-state index in [0.717, 1.165) is 36.5 Å². The Labute approximate surface area is 140 Å². The van der Waals surface area contributed by atoms with Crippen LogP contribution in [0.15, 0.2) is 30.5 Å². The molecular weight excluding hydrogens is 319 g/mol. The summed E-state index contributed by atoms with van der Waals surface area (Å²) in [4.78, 5) is 2.22. The van der Waals surface area contributed by atoms with Crippen molar-refractivity contribution in [3.05, 3.63) is 41.7 Å². The molecule has 1 fully saturated rings. The summed E-state index contributed by atoms with van der Waals surface area (Å²) in [7, 11) is 0. The first kappa shape index (κ1) is 18.6. The van der Waals surface area contributed by atoms with Crippen molar-refractivity contribution < 1.29 is 23.0 Å². The normalized spacial score (nSPS) is 16.0. The molecule has 2 rings (SSSR count). The van der Waals surface area contributed by atoms with Crippen molar-refractivity contribution in [3.63, 3.8) is 0 Å². The summed E-state index contributed by atoms with van der Waals surface area (Å²) in [6, 6.07) is 5.88. The van der Waals surface area contributed by atoms with Gasteiger partial charge in [0.1, 0.15) is 5.75 Å². The first-order valence-electron chi connectivity index (χ1n) is 8.14. The topological polar surface area (TPSA) is 32.7 Å². The third kappa shape index (κ3) is 5.74. The van der Waals surface area contributed by atoms with Crippen molar-refractivity contribution in [2.24, 2.45) is 5.92 Å². The van der Waals surface area contributed by atoms with Gasteiger partial charge < -0.3 is 9.84 Å². The summed E-state index contributed by atoms with van der Waals surface area (Å²) < 4.78 is 41.7. The fourth-order valence-corrected chi connectivity index (χ4v) is 2.75. The number of likely N-dealkylation sites (tertiary alicyclic amines) is 1. The number of aliphatic hydroxyl groups excluding tert-OH is 1. The lowest BCUT2D eigenvalue weighted by Crippen LogP contribution is -2.46. The summed E-state index contributed by atoms with van der Waals surface area (Å²) in [5, 5.41) is 9.30. The van der Waals surface area contributed by atoms with E-state index in [-0.39, 0.29) is 18.1 Å². The van der Waals surface area contributed by atoms with Crippen molar-refractivity contribution in [2.75, 3.05) is 19.7 Å². The number of benzene rings is 1. The van der Waals surface area contributed by atoms with Gasteiger partial charge in [0.25, 0.3) is 0 Å². The number of aryl methyl sites for hydroxylation is 1. The molecule has 3 nitrogen and oxygen atoms in total.